The van der Waals surface area contributed by atoms with Crippen LogP contribution < -0.4 is 15.4 Å². The molecule has 0 aliphatic carbocycles. The Labute approximate surface area is 229 Å². The van der Waals surface area contributed by atoms with Crippen LogP contribution in [0.25, 0.3) is 16.7 Å². The Morgan fingerprint density at radius 3 is 2.55 bits per heavy atom. The molecule has 40 heavy (non-hydrogen) atoms. The van der Waals surface area contributed by atoms with Crippen molar-refractivity contribution >= 4 is 28.0 Å². The predicted octanol–water partition coefficient (Wildman–Crippen LogP) is 4.40. The number of nitrogens with zero attached hydrogens (tertiary/aromatic N) is 5. The van der Waals surface area contributed by atoms with Crippen LogP contribution in [-0.4, -0.2) is 60.6 Å². The minimum atomic E-state index is -0.724. The number of morpholine rings is 1. The van der Waals surface area contributed by atoms with E-state index in [1.54, 1.807) is 18.3 Å². The molecule has 0 atom stereocenters. The normalized spacial score (nSPS) is 18.5. The Morgan fingerprint density at radius 2 is 1.77 bits per heavy atom. The summed E-state index contributed by atoms with van der Waals surface area (Å²) in [5, 5.41) is 0.221. The van der Waals surface area contributed by atoms with E-state index in [-0.39, 0.29) is 21.9 Å². The van der Waals surface area contributed by atoms with Crippen LogP contribution in [0.1, 0.15) is 24.1 Å². The average molecular weight is 546 g/mol. The zero-order valence-electron chi connectivity index (χ0n) is 22.2. The van der Waals surface area contributed by atoms with E-state index in [1.165, 1.54) is 16.7 Å². The molecule has 0 N–H and O–H groups in total. The largest absolute Gasteiger partial charge is 0.381 e. The van der Waals surface area contributed by atoms with E-state index in [2.05, 4.69) is 20.9 Å². The van der Waals surface area contributed by atoms with Crippen molar-refractivity contribution in [3.05, 3.63) is 82.0 Å². The van der Waals surface area contributed by atoms with Crippen LogP contribution in [0.3, 0.4) is 0 Å². The van der Waals surface area contributed by atoms with Crippen molar-refractivity contribution in [3.63, 3.8) is 0 Å². The van der Waals surface area contributed by atoms with E-state index in [0.29, 0.717) is 50.0 Å². The first-order chi connectivity index (χ1) is 19.4. The zero-order valence-corrected chi connectivity index (χ0v) is 22.2. The van der Waals surface area contributed by atoms with Crippen LogP contribution in [0.5, 0.6) is 0 Å². The number of fused-ring (bicyclic) bond motifs is 3. The molecule has 2 saturated heterocycles. The summed E-state index contributed by atoms with van der Waals surface area (Å²) >= 11 is 0. The minimum absolute atomic E-state index is 0.149. The van der Waals surface area contributed by atoms with Gasteiger partial charge in [-0.15, -0.1) is 0 Å². The minimum Gasteiger partial charge on any atom is -0.381 e. The molecule has 3 aromatic heterocycles. The van der Waals surface area contributed by atoms with Gasteiger partial charge in [-0.3, -0.25) is 14.3 Å². The number of rotatable bonds is 3. The Hall–Kier alpha value is -3.89. The molecule has 206 valence electrons. The summed E-state index contributed by atoms with van der Waals surface area (Å²) in [4.78, 5) is 26.8. The molecule has 10 heteroatoms. The van der Waals surface area contributed by atoms with Gasteiger partial charge in [0.05, 0.1) is 53.1 Å². The molecule has 1 spiro atoms. The van der Waals surface area contributed by atoms with Gasteiger partial charge in [-0.2, -0.15) is 0 Å². The first kappa shape index (κ1) is 25.1. The molecular weight excluding hydrogens is 516 g/mol. The number of halogens is 2. The summed E-state index contributed by atoms with van der Waals surface area (Å²) < 4.78 is 42.9. The van der Waals surface area contributed by atoms with Crippen LogP contribution in [0.2, 0.25) is 0 Å². The van der Waals surface area contributed by atoms with Crippen LogP contribution in [-0.2, 0) is 14.9 Å². The van der Waals surface area contributed by atoms with Gasteiger partial charge in [-0.25, -0.2) is 13.8 Å². The lowest BCUT2D eigenvalue weighted by molar-refractivity contribution is 0.0545. The molecule has 6 heterocycles. The molecule has 3 aliphatic rings. The predicted molar refractivity (Wildman–Crippen MR) is 148 cm³/mol. The molecule has 0 bridgehead atoms. The van der Waals surface area contributed by atoms with E-state index in [1.807, 2.05) is 13.1 Å². The van der Waals surface area contributed by atoms with Crippen molar-refractivity contribution in [2.75, 3.05) is 55.9 Å². The second-order valence-electron chi connectivity index (χ2n) is 10.7. The number of pyridine rings is 3. The molecule has 2 fully saturated rings. The van der Waals surface area contributed by atoms with Crippen LogP contribution in [0.4, 0.5) is 25.8 Å². The van der Waals surface area contributed by atoms with Gasteiger partial charge in [-0.05, 0) is 31.9 Å². The van der Waals surface area contributed by atoms with Crippen LogP contribution >= 0.6 is 0 Å². The van der Waals surface area contributed by atoms with E-state index in [0.717, 1.165) is 49.1 Å². The lowest BCUT2D eigenvalue weighted by Crippen LogP contribution is -2.38. The summed E-state index contributed by atoms with van der Waals surface area (Å²) in [6.45, 7) is 6.42. The Morgan fingerprint density at radius 1 is 1.00 bits per heavy atom. The molecule has 4 aromatic rings. The maximum atomic E-state index is 15.7. The molecule has 0 saturated carbocycles. The van der Waals surface area contributed by atoms with E-state index in [9.17, 15) is 9.18 Å². The fourth-order valence-electron chi connectivity index (χ4n) is 6.42. The standard InChI is InChI=1S/C30H29F2N5O3/c1-19-27(26-22(32)14-20(31)15-23(26)34-29(19)36-7-3-2-4-25(36)38)37-18-30(5-10-39-11-6-30)28-24(37)16-21(17-33-28)35-8-12-40-13-9-35/h2-4,7,14-17H,5-6,8-13,18H2,1H3. The summed E-state index contributed by atoms with van der Waals surface area (Å²) in [5.41, 5.74) is 3.60. The van der Waals surface area contributed by atoms with Crippen molar-refractivity contribution in [1.29, 1.82) is 0 Å². The highest BCUT2D eigenvalue weighted by atomic mass is 19.1. The third kappa shape index (κ3) is 3.97. The number of anilines is 3. The highest BCUT2D eigenvalue weighted by molar-refractivity contribution is 5.98. The third-order valence-corrected chi connectivity index (χ3v) is 8.44. The van der Waals surface area contributed by atoms with Gasteiger partial charge in [0, 0.05) is 68.2 Å². The van der Waals surface area contributed by atoms with E-state index in [4.69, 9.17) is 14.5 Å². The molecule has 7 rings (SSSR count). The molecule has 8 nitrogen and oxygen atoms in total. The van der Waals surface area contributed by atoms with E-state index >= 15 is 4.39 Å². The van der Waals surface area contributed by atoms with Crippen molar-refractivity contribution in [1.82, 2.24) is 14.5 Å². The van der Waals surface area contributed by atoms with Gasteiger partial charge < -0.3 is 19.3 Å². The van der Waals surface area contributed by atoms with Crippen molar-refractivity contribution in [2.45, 2.75) is 25.2 Å². The maximum Gasteiger partial charge on any atom is 0.256 e. The number of hydrogen-bond donors (Lipinski definition) is 0. The first-order valence-electron chi connectivity index (χ1n) is 13.6. The Bertz CT molecular complexity index is 1680. The zero-order chi connectivity index (χ0) is 27.4. The second-order valence-corrected chi connectivity index (χ2v) is 10.7. The Balaban J connectivity index is 1.49. The van der Waals surface area contributed by atoms with Gasteiger partial charge in [0.2, 0.25) is 0 Å². The maximum absolute atomic E-state index is 15.7. The fourth-order valence-corrected chi connectivity index (χ4v) is 6.42. The second kappa shape index (κ2) is 9.64. The topological polar surface area (TPSA) is 72.7 Å². The van der Waals surface area contributed by atoms with Gasteiger partial charge in [-0.1, -0.05) is 6.07 Å². The van der Waals surface area contributed by atoms with Gasteiger partial charge in [0.1, 0.15) is 17.5 Å². The fraction of sp³-hybridized carbons (Fsp3) is 0.367. The van der Waals surface area contributed by atoms with Crippen molar-refractivity contribution in [2.24, 2.45) is 0 Å². The lowest BCUT2D eigenvalue weighted by atomic mass is 9.78. The van der Waals surface area contributed by atoms with Gasteiger partial charge in [0.15, 0.2) is 0 Å². The van der Waals surface area contributed by atoms with Crippen molar-refractivity contribution in [3.8, 4) is 5.82 Å². The van der Waals surface area contributed by atoms with Crippen molar-refractivity contribution < 1.29 is 18.3 Å². The average Bonchev–Trinajstić information content (AvgIpc) is 3.26. The molecule has 0 amide bonds. The number of ether oxygens (including phenoxy) is 2. The summed E-state index contributed by atoms with van der Waals surface area (Å²) in [5.74, 6) is -1.08. The Kier molecular flexibility index (Phi) is 6.05. The molecule has 0 radical (unpaired) electrons. The quantitative estimate of drug-likeness (QED) is 0.378. The number of aromatic nitrogens is 3. The third-order valence-electron chi connectivity index (χ3n) is 8.44. The number of benzene rings is 1. The molecule has 0 unspecified atom stereocenters. The monoisotopic (exact) mass is 545 g/mol. The van der Waals surface area contributed by atoms with E-state index < -0.39 is 11.6 Å². The first-order valence-corrected chi connectivity index (χ1v) is 13.6. The molecular formula is C30H29F2N5O3. The van der Waals surface area contributed by atoms with Gasteiger partial charge >= 0.3 is 0 Å². The van der Waals surface area contributed by atoms with Crippen LogP contribution in [0, 0.1) is 18.6 Å². The molecule has 1 aromatic carbocycles. The summed E-state index contributed by atoms with van der Waals surface area (Å²) in [6.07, 6.45) is 5.11. The SMILES string of the molecule is Cc1c(-n2ccccc2=O)nc2cc(F)cc(F)c2c1N1CC2(CCOCC2)c2ncc(N3CCOCC3)cc21. The summed E-state index contributed by atoms with van der Waals surface area (Å²) in [7, 11) is 0. The molecule has 3 aliphatic heterocycles. The lowest BCUT2D eigenvalue weighted by Gasteiger charge is -2.34. The summed E-state index contributed by atoms with van der Waals surface area (Å²) in [6, 6.07) is 9.07. The van der Waals surface area contributed by atoms with Gasteiger partial charge in [0.25, 0.3) is 5.56 Å². The highest BCUT2D eigenvalue weighted by Gasteiger charge is 2.47. The smallest absolute Gasteiger partial charge is 0.256 e. The number of hydrogen-bond acceptors (Lipinski definition) is 7. The van der Waals surface area contributed by atoms with Crippen LogP contribution in [0.15, 0.2) is 53.6 Å². The highest BCUT2D eigenvalue weighted by Crippen LogP contribution is 2.51.